The van der Waals surface area contributed by atoms with Crippen molar-refractivity contribution < 1.29 is 9.52 Å². The van der Waals surface area contributed by atoms with Crippen molar-refractivity contribution in [3.63, 3.8) is 0 Å². The van der Waals surface area contributed by atoms with Crippen molar-refractivity contribution in [2.45, 2.75) is 46.8 Å². The van der Waals surface area contributed by atoms with Gasteiger partial charge in [0.15, 0.2) is 5.96 Å². The van der Waals surface area contributed by atoms with Crippen LogP contribution in [-0.4, -0.2) is 29.1 Å². The normalized spacial score (nSPS) is 14.5. The van der Waals surface area contributed by atoms with Crippen LogP contribution in [0, 0.1) is 20.8 Å². The molecule has 0 bridgehead atoms. The number of rotatable bonds is 6. The van der Waals surface area contributed by atoms with E-state index in [-0.39, 0.29) is 0 Å². The van der Waals surface area contributed by atoms with Crippen LogP contribution in [0.15, 0.2) is 21.5 Å². The molecule has 0 aromatic carbocycles. The standard InChI is InChI=1S/C17H26N4O2S/c1-6-18-16(19-9-15-21-12(3)13(4)24-15)20-10-17(5,22)14-8-7-11(2)23-14/h7-8,22H,6,9-10H2,1-5H3,(H2,18,19,20). The van der Waals surface area contributed by atoms with Crippen LogP contribution in [0.1, 0.15) is 40.9 Å². The largest absolute Gasteiger partial charge is 0.463 e. The fourth-order valence-corrected chi connectivity index (χ4v) is 3.02. The minimum Gasteiger partial charge on any atom is -0.463 e. The Bertz CT molecular complexity index is 684. The molecule has 0 radical (unpaired) electrons. The number of aliphatic imine (C=N–C) groups is 1. The Labute approximate surface area is 147 Å². The van der Waals surface area contributed by atoms with Crippen LogP contribution in [0.25, 0.3) is 0 Å². The Kier molecular flexibility index (Phi) is 6.01. The number of aliphatic hydroxyl groups is 1. The van der Waals surface area contributed by atoms with E-state index in [1.54, 1.807) is 24.3 Å². The molecule has 2 rings (SSSR count). The second kappa shape index (κ2) is 7.81. The molecular formula is C17H26N4O2S. The highest BCUT2D eigenvalue weighted by atomic mass is 32.1. The SMILES string of the molecule is CCNC(=NCc1nc(C)c(C)s1)NCC(C)(O)c1ccc(C)o1. The summed E-state index contributed by atoms with van der Waals surface area (Å²) in [6.07, 6.45) is 0. The molecule has 3 N–H and O–H groups in total. The van der Waals surface area contributed by atoms with Crippen molar-refractivity contribution in [1.29, 1.82) is 0 Å². The van der Waals surface area contributed by atoms with Gasteiger partial charge in [0, 0.05) is 11.4 Å². The zero-order valence-corrected chi connectivity index (χ0v) is 15.8. The molecule has 132 valence electrons. The van der Waals surface area contributed by atoms with E-state index in [0.29, 0.717) is 24.8 Å². The predicted molar refractivity (Wildman–Crippen MR) is 97.4 cm³/mol. The van der Waals surface area contributed by atoms with Gasteiger partial charge in [-0.1, -0.05) is 0 Å². The summed E-state index contributed by atoms with van der Waals surface area (Å²) < 4.78 is 5.53. The molecule has 0 aliphatic heterocycles. The molecule has 7 heteroatoms. The minimum absolute atomic E-state index is 0.293. The first-order chi connectivity index (χ1) is 11.3. The van der Waals surface area contributed by atoms with Crippen LogP contribution in [-0.2, 0) is 12.1 Å². The maximum atomic E-state index is 10.6. The zero-order chi connectivity index (χ0) is 17.7. The molecule has 2 aromatic heterocycles. The number of thiazole rings is 1. The predicted octanol–water partition coefficient (Wildman–Crippen LogP) is 2.62. The second-order valence-electron chi connectivity index (χ2n) is 5.98. The number of aryl methyl sites for hydroxylation is 3. The number of nitrogens with one attached hydrogen (secondary N) is 2. The number of furan rings is 1. The number of guanidine groups is 1. The molecule has 0 fully saturated rings. The first-order valence-corrected chi connectivity index (χ1v) is 8.88. The first kappa shape index (κ1) is 18.5. The monoisotopic (exact) mass is 350 g/mol. The van der Waals surface area contributed by atoms with E-state index in [1.807, 2.05) is 26.8 Å². The fraction of sp³-hybridized carbons (Fsp3) is 0.529. The lowest BCUT2D eigenvalue weighted by Gasteiger charge is -2.22. The van der Waals surface area contributed by atoms with Gasteiger partial charge in [0.2, 0.25) is 0 Å². The van der Waals surface area contributed by atoms with Gasteiger partial charge in [0.25, 0.3) is 0 Å². The van der Waals surface area contributed by atoms with Crippen molar-refractivity contribution in [2.75, 3.05) is 13.1 Å². The van der Waals surface area contributed by atoms with E-state index >= 15 is 0 Å². The molecule has 0 aliphatic carbocycles. The van der Waals surface area contributed by atoms with Crippen molar-refractivity contribution in [3.8, 4) is 0 Å². The van der Waals surface area contributed by atoms with E-state index < -0.39 is 5.60 Å². The molecule has 0 saturated carbocycles. The molecule has 2 heterocycles. The van der Waals surface area contributed by atoms with Crippen molar-refractivity contribution in [1.82, 2.24) is 15.6 Å². The van der Waals surface area contributed by atoms with Crippen LogP contribution in [0.5, 0.6) is 0 Å². The van der Waals surface area contributed by atoms with E-state index in [0.717, 1.165) is 23.0 Å². The highest BCUT2D eigenvalue weighted by Crippen LogP contribution is 2.22. The summed E-state index contributed by atoms with van der Waals surface area (Å²) in [4.78, 5) is 10.3. The van der Waals surface area contributed by atoms with E-state index in [1.165, 1.54) is 4.88 Å². The summed E-state index contributed by atoms with van der Waals surface area (Å²) in [6, 6.07) is 3.64. The Balaban J connectivity index is 2.00. The Morgan fingerprint density at radius 1 is 1.33 bits per heavy atom. The second-order valence-corrected chi connectivity index (χ2v) is 7.27. The quantitative estimate of drug-likeness (QED) is 0.551. The maximum absolute atomic E-state index is 10.6. The van der Waals surface area contributed by atoms with E-state index in [4.69, 9.17) is 4.42 Å². The smallest absolute Gasteiger partial charge is 0.191 e. The lowest BCUT2D eigenvalue weighted by atomic mass is 10.0. The Morgan fingerprint density at radius 2 is 2.08 bits per heavy atom. The highest BCUT2D eigenvalue weighted by Gasteiger charge is 2.27. The van der Waals surface area contributed by atoms with Crippen LogP contribution in [0.2, 0.25) is 0 Å². The number of hydrogen-bond acceptors (Lipinski definition) is 5. The average Bonchev–Trinajstić information content (AvgIpc) is 3.09. The first-order valence-electron chi connectivity index (χ1n) is 8.06. The number of aromatic nitrogens is 1. The Morgan fingerprint density at radius 3 is 2.62 bits per heavy atom. The molecule has 0 spiro atoms. The van der Waals surface area contributed by atoms with Gasteiger partial charge in [0.05, 0.1) is 18.8 Å². The van der Waals surface area contributed by atoms with Gasteiger partial charge in [-0.15, -0.1) is 11.3 Å². The zero-order valence-electron chi connectivity index (χ0n) is 14.9. The molecule has 1 atom stereocenters. The molecule has 0 amide bonds. The molecule has 6 nitrogen and oxygen atoms in total. The van der Waals surface area contributed by atoms with Gasteiger partial charge >= 0.3 is 0 Å². The van der Waals surface area contributed by atoms with Crippen LogP contribution in [0.4, 0.5) is 0 Å². The number of nitrogens with zero attached hydrogens (tertiary/aromatic N) is 2. The summed E-state index contributed by atoms with van der Waals surface area (Å²) >= 11 is 1.66. The van der Waals surface area contributed by atoms with Gasteiger partial charge in [-0.3, -0.25) is 0 Å². The molecule has 1 unspecified atom stereocenters. The fourth-order valence-electron chi connectivity index (χ4n) is 2.16. The summed E-state index contributed by atoms with van der Waals surface area (Å²) in [5.41, 5.74) is -0.0574. The summed E-state index contributed by atoms with van der Waals surface area (Å²) in [6.45, 7) is 11.2. The molecule has 24 heavy (non-hydrogen) atoms. The topological polar surface area (TPSA) is 82.7 Å². The Hall–Kier alpha value is -1.86. The van der Waals surface area contributed by atoms with Crippen LogP contribution >= 0.6 is 11.3 Å². The third-order valence-corrected chi connectivity index (χ3v) is 4.72. The van der Waals surface area contributed by atoms with Crippen molar-refractivity contribution in [2.24, 2.45) is 4.99 Å². The lowest BCUT2D eigenvalue weighted by Crippen LogP contribution is -2.44. The van der Waals surface area contributed by atoms with Crippen LogP contribution < -0.4 is 10.6 Å². The highest BCUT2D eigenvalue weighted by molar-refractivity contribution is 7.11. The summed E-state index contributed by atoms with van der Waals surface area (Å²) in [7, 11) is 0. The molecule has 0 saturated heterocycles. The lowest BCUT2D eigenvalue weighted by molar-refractivity contribution is 0.0378. The minimum atomic E-state index is -1.11. The van der Waals surface area contributed by atoms with Crippen molar-refractivity contribution >= 4 is 17.3 Å². The maximum Gasteiger partial charge on any atom is 0.191 e. The van der Waals surface area contributed by atoms with Gasteiger partial charge in [-0.05, 0) is 46.8 Å². The van der Waals surface area contributed by atoms with Gasteiger partial charge < -0.3 is 20.2 Å². The van der Waals surface area contributed by atoms with E-state index in [2.05, 4.69) is 27.5 Å². The summed E-state index contributed by atoms with van der Waals surface area (Å²) in [5, 5.41) is 17.9. The van der Waals surface area contributed by atoms with Gasteiger partial charge in [-0.2, -0.15) is 0 Å². The molecular weight excluding hydrogens is 324 g/mol. The van der Waals surface area contributed by atoms with Crippen molar-refractivity contribution in [3.05, 3.63) is 39.2 Å². The molecule has 0 aliphatic rings. The third kappa shape index (κ3) is 4.82. The van der Waals surface area contributed by atoms with Gasteiger partial charge in [0.1, 0.15) is 22.1 Å². The van der Waals surface area contributed by atoms with Gasteiger partial charge in [-0.25, -0.2) is 9.98 Å². The van der Waals surface area contributed by atoms with E-state index in [9.17, 15) is 5.11 Å². The number of hydrogen-bond donors (Lipinski definition) is 3. The van der Waals surface area contributed by atoms with Crippen LogP contribution in [0.3, 0.4) is 0 Å². The third-order valence-electron chi connectivity index (χ3n) is 3.66. The summed E-state index contributed by atoms with van der Waals surface area (Å²) in [5.74, 6) is 1.96. The molecule has 2 aromatic rings. The average molecular weight is 350 g/mol.